The number of benzene rings is 1. The van der Waals surface area contributed by atoms with Gasteiger partial charge >= 0.3 is 0 Å². The SMILES string of the molecule is Cc1cc(/C=N/n2cnnc2SCc2ccc(Cl)cc2)c(C)n1CC(C)C. The molecule has 2 heterocycles. The van der Waals surface area contributed by atoms with E-state index in [4.69, 9.17) is 11.6 Å². The van der Waals surface area contributed by atoms with E-state index in [0.29, 0.717) is 5.92 Å². The number of halogens is 1. The molecule has 0 unspecified atom stereocenters. The Kier molecular flexibility index (Phi) is 6.39. The second-order valence-corrected chi connectivity index (χ2v) is 8.33. The number of nitrogens with zero attached hydrogens (tertiary/aromatic N) is 5. The van der Waals surface area contributed by atoms with Gasteiger partial charge < -0.3 is 4.57 Å². The highest BCUT2D eigenvalue weighted by Gasteiger charge is 2.09. The van der Waals surface area contributed by atoms with Crippen LogP contribution >= 0.6 is 23.4 Å². The molecule has 5 nitrogen and oxygen atoms in total. The lowest BCUT2D eigenvalue weighted by Crippen LogP contribution is -2.08. The smallest absolute Gasteiger partial charge is 0.212 e. The average Bonchev–Trinajstić information content (AvgIpc) is 3.18. The van der Waals surface area contributed by atoms with Crippen molar-refractivity contribution in [3.8, 4) is 0 Å². The minimum Gasteiger partial charge on any atom is -0.348 e. The molecule has 0 bridgehead atoms. The highest BCUT2D eigenvalue weighted by molar-refractivity contribution is 7.98. The summed E-state index contributed by atoms with van der Waals surface area (Å²) in [4.78, 5) is 0. The maximum absolute atomic E-state index is 5.94. The summed E-state index contributed by atoms with van der Waals surface area (Å²) in [6.07, 6.45) is 3.52. The molecule has 3 rings (SSSR count). The molecule has 0 aliphatic heterocycles. The van der Waals surface area contributed by atoms with Gasteiger partial charge in [0.2, 0.25) is 5.16 Å². The Bertz CT molecular complexity index is 925. The monoisotopic (exact) mass is 401 g/mol. The molecule has 0 amide bonds. The molecule has 27 heavy (non-hydrogen) atoms. The van der Waals surface area contributed by atoms with Crippen LogP contribution in [-0.4, -0.2) is 25.7 Å². The first-order valence-corrected chi connectivity index (χ1v) is 10.3. The quantitative estimate of drug-likeness (QED) is 0.404. The van der Waals surface area contributed by atoms with Gasteiger partial charge in [0.25, 0.3) is 0 Å². The first-order chi connectivity index (χ1) is 12.9. The van der Waals surface area contributed by atoms with E-state index < -0.39 is 0 Å². The van der Waals surface area contributed by atoms with Crippen LogP contribution in [0.15, 0.2) is 46.9 Å². The van der Waals surface area contributed by atoms with Crippen molar-refractivity contribution < 1.29 is 0 Å². The third-order valence-electron chi connectivity index (χ3n) is 4.26. The van der Waals surface area contributed by atoms with Crippen molar-refractivity contribution in [2.24, 2.45) is 11.0 Å². The molecule has 1 aromatic carbocycles. The molecule has 0 saturated heterocycles. The molecule has 3 aromatic rings. The fourth-order valence-electron chi connectivity index (χ4n) is 2.85. The van der Waals surface area contributed by atoms with Gasteiger partial charge in [-0.25, -0.2) is 0 Å². The second-order valence-electron chi connectivity index (χ2n) is 6.95. The molecule has 0 fully saturated rings. The van der Waals surface area contributed by atoms with Crippen LogP contribution in [0.5, 0.6) is 0 Å². The van der Waals surface area contributed by atoms with Crippen LogP contribution in [0.1, 0.15) is 36.4 Å². The highest BCUT2D eigenvalue weighted by atomic mass is 35.5. The van der Waals surface area contributed by atoms with E-state index in [2.05, 4.69) is 53.6 Å². The van der Waals surface area contributed by atoms with Crippen molar-refractivity contribution >= 4 is 29.6 Å². The summed E-state index contributed by atoms with van der Waals surface area (Å²) in [5, 5.41) is 14.2. The van der Waals surface area contributed by atoms with Gasteiger partial charge in [-0.3, -0.25) is 0 Å². The standard InChI is InChI=1S/C20H24ClN5S/c1-14(2)11-25-15(3)9-18(16(25)4)10-23-26-13-22-24-20(26)27-12-17-5-7-19(21)8-6-17/h5-10,13-14H,11-12H2,1-4H3/b23-10+. The van der Waals surface area contributed by atoms with Gasteiger partial charge in [-0.1, -0.05) is 49.3 Å². The largest absolute Gasteiger partial charge is 0.348 e. The first kappa shape index (κ1) is 19.7. The van der Waals surface area contributed by atoms with Crippen molar-refractivity contribution in [2.45, 2.75) is 45.1 Å². The number of aromatic nitrogens is 4. The summed E-state index contributed by atoms with van der Waals surface area (Å²) in [6, 6.07) is 10.00. The molecule has 0 N–H and O–H groups in total. The van der Waals surface area contributed by atoms with Crippen LogP contribution in [-0.2, 0) is 12.3 Å². The number of thioether (sulfide) groups is 1. The van der Waals surface area contributed by atoms with Crippen LogP contribution in [0, 0.1) is 19.8 Å². The minimum absolute atomic E-state index is 0.605. The van der Waals surface area contributed by atoms with Crippen molar-refractivity contribution in [2.75, 3.05) is 0 Å². The average molecular weight is 402 g/mol. The van der Waals surface area contributed by atoms with Gasteiger partial charge in [-0.2, -0.15) is 9.78 Å². The van der Waals surface area contributed by atoms with E-state index in [0.717, 1.165) is 28.0 Å². The minimum atomic E-state index is 0.605. The first-order valence-electron chi connectivity index (χ1n) is 8.92. The normalized spacial score (nSPS) is 11.8. The Morgan fingerprint density at radius 3 is 2.67 bits per heavy atom. The molecule has 7 heteroatoms. The van der Waals surface area contributed by atoms with Gasteiger partial charge in [0.05, 0.1) is 6.21 Å². The molecular formula is C20H24ClN5S. The number of aryl methyl sites for hydroxylation is 1. The Morgan fingerprint density at radius 1 is 1.22 bits per heavy atom. The lowest BCUT2D eigenvalue weighted by Gasteiger charge is -2.11. The van der Waals surface area contributed by atoms with Gasteiger partial charge in [-0.15, -0.1) is 10.2 Å². The topological polar surface area (TPSA) is 48.0 Å². The number of rotatable bonds is 7. The Morgan fingerprint density at radius 2 is 1.96 bits per heavy atom. The van der Waals surface area contributed by atoms with Crippen molar-refractivity contribution in [3.05, 3.63) is 64.2 Å². The summed E-state index contributed by atoms with van der Waals surface area (Å²) >= 11 is 7.53. The van der Waals surface area contributed by atoms with Gasteiger partial charge in [-0.05, 0) is 43.5 Å². The molecule has 142 valence electrons. The van der Waals surface area contributed by atoms with E-state index >= 15 is 0 Å². The lowest BCUT2D eigenvalue weighted by molar-refractivity contribution is 0.509. The van der Waals surface area contributed by atoms with Crippen molar-refractivity contribution in [1.29, 1.82) is 0 Å². The van der Waals surface area contributed by atoms with E-state index in [1.807, 2.05) is 30.5 Å². The number of hydrogen-bond donors (Lipinski definition) is 0. The highest BCUT2D eigenvalue weighted by Crippen LogP contribution is 2.22. The predicted octanol–water partition coefficient (Wildman–Crippen LogP) is 5.18. The van der Waals surface area contributed by atoms with Crippen LogP contribution in [0.3, 0.4) is 0 Å². The second kappa shape index (κ2) is 8.76. The van der Waals surface area contributed by atoms with Gasteiger partial charge in [0.15, 0.2) is 0 Å². The lowest BCUT2D eigenvalue weighted by atomic mass is 10.2. The van der Waals surface area contributed by atoms with Crippen LogP contribution in [0.4, 0.5) is 0 Å². The van der Waals surface area contributed by atoms with E-state index in [1.54, 1.807) is 22.8 Å². The van der Waals surface area contributed by atoms with Gasteiger partial charge in [0.1, 0.15) is 6.33 Å². The third kappa shape index (κ3) is 5.02. The molecular weight excluding hydrogens is 378 g/mol. The van der Waals surface area contributed by atoms with Crippen molar-refractivity contribution in [1.82, 2.24) is 19.4 Å². The van der Waals surface area contributed by atoms with Crippen molar-refractivity contribution in [3.63, 3.8) is 0 Å². The summed E-state index contributed by atoms with van der Waals surface area (Å²) in [5.41, 5.74) is 4.78. The summed E-state index contributed by atoms with van der Waals surface area (Å²) in [5.74, 6) is 1.39. The Labute approximate surface area is 169 Å². The molecule has 0 radical (unpaired) electrons. The Balaban J connectivity index is 1.72. The summed E-state index contributed by atoms with van der Waals surface area (Å²) in [6.45, 7) is 9.75. The van der Waals surface area contributed by atoms with E-state index in [-0.39, 0.29) is 0 Å². The van der Waals surface area contributed by atoms with Crippen LogP contribution in [0.25, 0.3) is 0 Å². The number of hydrogen-bond acceptors (Lipinski definition) is 4. The fourth-order valence-corrected chi connectivity index (χ4v) is 3.80. The summed E-state index contributed by atoms with van der Waals surface area (Å²) in [7, 11) is 0. The Hall–Kier alpha value is -2.05. The zero-order valence-corrected chi connectivity index (χ0v) is 17.6. The van der Waals surface area contributed by atoms with E-state index in [9.17, 15) is 0 Å². The molecule has 0 aliphatic rings. The van der Waals surface area contributed by atoms with E-state index in [1.165, 1.54) is 17.0 Å². The zero-order valence-electron chi connectivity index (χ0n) is 16.1. The maximum Gasteiger partial charge on any atom is 0.212 e. The zero-order chi connectivity index (χ0) is 19.4. The fraction of sp³-hybridized carbons (Fsp3) is 0.350. The van der Waals surface area contributed by atoms with Crippen LogP contribution in [0.2, 0.25) is 5.02 Å². The van der Waals surface area contributed by atoms with Crippen LogP contribution < -0.4 is 0 Å². The molecule has 0 atom stereocenters. The predicted molar refractivity (Wildman–Crippen MR) is 113 cm³/mol. The molecule has 0 spiro atoms. The van der Waals surface area contributed by atoms with Gasteiger partial charge in [0, 0.05) is 34.3 Å². The molecule has 2 aromatic heterocycles. The molecule has 0 aliphatic carbocycles. The summed E-state index contributed by atoms with van der Waals surface area (Å²) < 4.78 is 4.06. The molecule has 0 saturated carbocycles. The maximum atomic E-state index is 5.94. The third-order valence-corrected chi connectivity index (χ3v) is 5.52.